The fourth-order valence-electron chi connectivity index (χ4n) is 1.38. The van der Waals surface area contributed by atoms with Gasteiger partial charge in [-0.15, -0.1) is 11.6 Å². The highest BCUT2D eigenvalue weighted by Gasteiger charge is 2.34. The van der Waals surface area contributed by atoms with Gasteiger partial charge in [-0.3, -0.25) is 4.39 Å². The molecule has 0 atom stereocenters. The van der Waals surface area contributed by atoms with E-state index in [2.05, 4.69) is 5.32 Å². The van der Waals surface area contributed by atoms with Crippen LogP contribution in [0.4, 0.5) is 4.39 Å². The molecule has 0 radical (unpaired) electrons. The Morgan fingerprint density at radius 1 is 1.45 bits per heavy atom. The van der Waals surface area contributed by atoms with Crippen molar-refractivity contribution >= 4 is 11.6 Å². The maximum atomic E-state index is 11.7. The van der Waals surface area contributed by atoms with Gasteiger partial charge in [-0.05, 0) is 32.2 Å². The summed E-state index contributed by atoms with van der Waals surface area (Å²) in [6.07, 6.45) is 4.18. The zero-order chi connectivity index (χ0) is 8.16. The van der Waals surface area contributed by atoms with Gasteiger partial charge in [0.2, 0.25) is 0 Å². The predicted molar refractivity (Wildman–Crippen MR) is 45.9 cm³/mol. The molecule has 11 heavy (non-hydrogen) atoms. The zero-order valence-electron chi connectivity index (χ0n) is 6.71. The van der Waals surface area contributed by atoms with Crippen molar-refractivity contribution in [1.29, 1.82) is 0 Å². The minimum absolute atomic E-state index is 0.163. The highest BCUT2D eigenvalue weighted by Crippen LogP contribution is 2.32. The number of alkyl halides is 2. The fraction of sp³-hybridized carbons (Fsp3) is 1.00. The lowest BCUT2D eigenvalue weighted by molar-refractivity contribution is 0.210. The number of hydrogen-bond acceptors (Lipinski definition) is 1. The molecule has 0 heterocycles. The molecule has 0 aromatic carbocycles. The molecule has 3 heteroatoms. The summed E-state index contributed by atoms with van der Waals surface area (Å²) in [7, 11) is 0. The van der Waals surface area contributed by atoms with Crippen LogP contribution >= 0.6 is 11.6 Å². The van der Waals surface area contributed by atoms with Gasteiger partial charge in [-0.2, -0.15) is 0 Å². The van der Waals surface area contributed by atoms with Gasteiger partial charge in [0.25, 0.3) is 0 Å². The Hall–Kier alpha value is 0.180. The fourth-order valence-corrected chi connectivity index (χ4v) is 1.74. The van der Waals surface area contributed by atoms with Crippen LogP contribution in [0.15, 0.2) is 0 Å². The van der Waals surface area contributed by atoms with Gasteiger partial charge in [-0.1, -0.05) is 0 Å². The first kappa shape index (κ1) is 9.27. The molecule has 0 unspecified atom stereocenters. The van der Waals surface area contributed by atoms with Gasteiger partial charge >= 0.3 is 0 Å². The van der Waals surface area contributed by atoms with Crippen LogP contribution in [0.1, 0.15) is 25.7 Å². The molecule has 0 saturated heterocycles. The quantitative estimate of drug-likeness (QED) is 0.504. The predicted octanol–water partition coefficient (Wildman–Crippen LogP) is 2.10. The zero-order valence-corrected chi connectivity index (χ0v) is 7.46. The van der Waals surface area contributed by atoms with Crippen LogP contribution in [0, 0.1) is 0 Å². The number of halogens is 2. The SMILES string of the molecule is FCCCNC1(CCl)CCC1. The molecule has 1 rings (SSSR count). The molecular weight excluding hydrogens is 165 g/mol. The molecule has 0 amide bonds. The Morgan fingerprint density at radius 3 is 2.55 bits per heavy atom. The second kappa shape index (κ2) is 4.27. The van der Waals surface area contributed by atoms with E-state index in [9.17, 15) is 4.39 Å². The second-order valence-corrected chi connectivity index (χ2v) is 3.50. The number of nitrogens with one attached hydrogen (secondary N) is 1. The summed E-state index contributed by atoms with van der Waals surface area (Å²) in [6, 6.07) is 0. The van der Waals surface area contributed by atoms with E-state index in [1.807, 2.05) is 0 Å². The first-order chi connectivity index (χ1) is 5.33. The third-order valence-electron chi connectivity index (χ3n) is 2.38. The van der Waals surface area contributed by atoms with E-state index in [0.29, 0.717) is 12.3 Å². The van der Waals surface area contributed by atoms with Crippen molar-refractivity contribution in [3.63, 3.8) is 0 Å². The van der Waals surface area contributed by atoms with E-state index < -0.39 is 0 Å². The molecule has 1 fully saturated rings. The van der Waals surface area contributed by atoms with Gasteiger partial charge in [0.05, 0.1) is 6.67 Å². The summed E-state index contributed by atoms with van der Waals surface area (Å²) in [5.41, 5.74) is 0.163. The molecular formula is C8H15ClFN. The van der Waals surface area contributed by atoms with Crippen molar-refractivity contribution in [3.05, 3.63) is 0 Å². The molecule has 0 aliphatic heterocycles. The normalized spacial score (nSPS) is 21.3. The highest BCUT2D eigenvalue weighted by atomic mass is 35.5. The Labute approximate surface area is 72.3 Å². The van der Waals surface area contributed by atoms with E-state index >= 15 is 0 Å². The molecule has 66 valence electrons. The van der Waals surface area contributed by atoms with Crippen molar-refractivity contribution in [1.82, 2.24) is 5.32 Å². The maximum Gasteiger partial charge on any atom is 0.0906 e. The molecule has 1 N–H and O–H groups in total. The smallest absolute Gasteiger partial charge is 0.0906 e. The second-order valence-electron chi connectivity index (χ2n) is 3.24. The average molecular weight is 180 g/mol. The lowest BCUT2D eigenvalue weighted by atomic mass is 9.78. The van der Waals surface area contributed by atoms with E-state index in [-0.39, 0.29) is 12.2 Å². The van der Waals surface area contributed by atoms with E-state index in [1.54, 1.807) is 0 Å². The van der Waals surface area contributed by atoms with Crippen LogP contribution < -0.4 is 5.32 Å². The Bertz CT molecular complexity index is 109. The van der Waals surface area contributed by atoms with E-state index in [0.717, 1.165) is 19.4 Å². The van der Waals surface area contributed by atoms with Crippen LogP contribution in [0.5, 0.6) is 0 Å². The van der Waals surface area contributed by atoms with Gasteiger partial charge in [0.15, 0.2) is 0 Å². The number of hydrogen-bond donors (Lipinski definition) is 1. The van der Waals surface area contributed by atoms with Crippen LogP contribution in [0.25, 0.3) is 0 Å². The van der Waals surface area contributed by atoms with Crippen molar-refractivity contribution < 1.29 is 4.39 Å². The van der Waals surface area contributed by atoms with Crippen LogP contribution in [0.3, 0.4) is 0 Å². The van der Waals surface area contributed by atoms with E-state index in [1.165, 1.54) is 6.42 Å². The van der Waals surface area contributed by atoms with Gasteiger partial charge in [0.1, 0.15) is 0 Å². The molecule has 1 saturated carbocycles. The summed E-state index contributed by atoms with van der Waals surface area (Å²) >= 11 is 5.78. The molecule has 0 aromatic rings. The van der Waals surface area contributed by atoms with Crippen LogP contribution in [-0.2, 0) is 0 Å². The Morgan fingerprint density at radius 2 is 2.18 bits per heavy atom. The highest BCUT2D eigenvalue weighted by molar-refractivity contribution is 6.18. The summed E-state index contributed by atoms with van der Waals surface area (Å²) in [4.78, 5) is 0. The Balaban J connectivity index is 2.11. The molecule has 1 aliphatic carbocycles. The topological polar surface area (TPSA) is 12.0 Å². The van der Waals surface area contributed by atoms with Crippen molar-refractivity contribution in [2.45, 2.75) is 31.2 Å². The number of rotatable bonds is 5. The summed E-state index contributed by atoms with van der Waals surface area (Å²) < 4.78 is 11.7. The maximum absolute atomic E-state index is 11.7. The molecule has 0 spiro atoms. The third kappa shape index (κ3) is 2.31. The van der Waals surface area contributed by atoms with Gasteiger partial charge in [0, 0.05) is 11.4 Å². The summed E-state index contributed by atoms with van der Waals surface area (Å²) in [6.45, 7) is 0.536. The minimum atomic E-state index is -0.231. The molecule has 1 nitrogen and oxygen atoms in total. The van der Waals surface area contributed by atoms with Crippen LogP contribution in [-0.4, -0.2) is 24.6 Å². The lowest BCUT2D eigenvalue weighted by Crippen LogP contribution is -2.52. The molecule has 0 bridgehead atoms. The Kier molecular flexibility index (Phi) is 3.60. The monoisotopic (exact) mass is 179 g/mol. The summed E-state index contributed by atoms with van der Waals surface area (Å²) in [5, 5.41) is 3.31. The van der Waals surface area contributed by atoms with Gasteiger partial charge in [-0.25, -0.2) is 0 Å². The van der Waals surface area contributed by atoms with Crippen molar-refractivity contribution in [2.75, 3.05) is 19.1 Å². The largest absolute Gasteiger partial charge is 0.310 e. The van der Waals surface area contributed by atoms with Crippen molar-refractivity contribution in [2.24, 2.45) is 0 Å². The molecule has 0 aromatic heterocycles. The van der Waals surface area contributed by atoms with E-state index in [4.69, 9.17) is 11.6 Å². The lowest BCUT2D eigenvalue weighted by Gasteiger charge is -2.41. The first-order valence-corrected chi connectivity index (χ1v) is 4.73. The van der Waals surface area contributed by atoms with Crippen LogP contribution in [0.2, 0.25) is 0 Å². The van der Waals surface area contributed by atoms with Gasteiger partial charge < -0.3 is 5.32 Å². The summed E-state index contributed by atoms with van der Waals surface area (Å²) in [5.74, 6) is 0.666. The molecule has 1 aliphatic rings. The average Bonchev–Trinajstić information content (AvgIpc) is 1.95. The first-order valence-electron chi connectivity index (χ1n) is 4.20. The van der Waals surface area contributed by atoms with Crippen molar-refractivity contribution in [3.8, 4) is 0 Å². The minimum Gasteiger partial charge on any atom is -0.310 e. The standard InChI is InChI=1S/C8H15ClFN/c9-7-8(3-1-4-8)11-6-2-5-10/h11H,1-7H2. The third-order valence-corrected chi connectivity index (χ3v) is 2.89.